The highest BCUT2D eigenvalue weighted by atomic mass is 15.2. The van der Waals surface area contributed by atoms with E-state index in [-0.39, 0.29) is 0 Å². The normalized spacial score (nSPS) is 22.2. The van der Waals surface area contributed by atoms with Gasteiger partial charge in [-0.25, -0.2) is 0 Å². The number of H-pyrrole nitrogens is 1. The van der Waals surface area contributed by atoms with Gasteiger partial charge in [0.1, 0.15) is 0 Å². The zero-order valence-corrected chi connectivity index (χ0v) is 10.9. The van der Waals surface area contributed by atoms with Crippen molar-refractivity contribution in [1.82, 2.24) is 20.1 Å². The van der Waals surface area contributed by atoms with Crippen LogP contribution in [0, 0.1) is 0 Å². The summed E-state index contributed by atoms with van der Waals surface area (Å²) in [6.07, 6.45) is 3.21. The molecule has 0 radical (unpaired) electrons. The molecule has 1 aromatic heterocycles. The summed E-state index contributed by atoms with van der Waals surface area (Å²) in [5.74, 6) is 0. The Balaban J connectivity index is 1.67. The van der Waals surface area contributed by atoms with Crippen molar-refractivity contribution < 1.29 is 0 Å². The van der Waals surface area contributed by atoms with Gasteiger partial charge in [-0.2, -0.15) is 0 Å². The Morgan fingerprint density at radius 2 is 2.41 bits per heavy atom. The predicted molar refractivity (Wildman–Crippen MR) is 71.0 cm³/mol. The molecule has 1 saturated heterocycles. The number of piperazine rings is 1. The standard InChI is InChI=1S/C13H24N4/c1-16(10-12-4-3-6-14-12)8-5-13-11-17(2)9-7-15-13/h3-4,6,13-15H,5,7-11H2,1-2H3. The Labute approximate surface area is 104 Å². The number of hydrogen-bond donors (Lipinski definition) is 2. The number of nitrogens with zero attached hydrogens (tertiary/aromatic N) is 2. The molecule has 0 amide bonds. The molecule has 1 atom stereocenters. The van der Waals surface area contributed by atoms with E-state index in [4.69, 9.17) is 0 Å². The van der Waals surface area contributed by atoms with E-state index >= 15 is 0 Å². The Hall–Kier alpha value is -0.840. The van der Waals surface area contributed by atoms with Crippen molar-refractivity contribution in [2.45, 2.75) is 19.0 Å². The molecule has 4 heteroatoms. The van der Waals surface area contributed by atoms with Crippen molar-refractivity contribution >= 4 is 0 Å². The van der Waals surface area contributed by atoms with E-state index in [0.29, 0.717) is 6.04 Å². The first-order valence-corrected chi connectivity index (χ1v) is 6.47. The summed E-state index contributed by atoms with van der Waals surface area (Å²) in [4.78, 5) is 8.03. The summed E-state index contributed by atoms with van der Waals surface area (Å²) in [5.41, 5.74) is 1.29. The molecule has 0 saturated carbocycles. The van der Waals surface area contributed by atoms with Crippen molar-refractivity contribution in [1.29, 1.82) is 0 Å². The molecule has 1 aliphatic rings. The topological polar surface area (TPSA) is 34.3 Å². The average molecular weight is 236 g/mol. The molecule has 17 heavy (non-hydrogen) atoms. The van der Waals surface area contributed by atoms with Crippen LogP contribution < -0.4 is 5.32 Å². The van der Waals surface area contributed by atoms with Gasteiger partial charge in [0.2, 0.25) is 0 Å². The Morgan fingerprint density at radius 1 is 1.53 bits per heavy atom. The lowest BCUT2D eigenvalue weighted by Gasteiger charge is -2.31. The minimum atomic E-state index is 0.653. The number of aromatic nitrogens is 1. The Morgan fingerprint density at radius 3 is 3.12 bits per heavy atom. The van der Waals surface area contributed by atoms with Gasteiger partial charge in [0.15, 0.2) is 0 Å². The van der Waals surface area contributed by atoms with E-state index in [1.807, 2.05) is 6.20 Å². The highest BCUT2D eigenvalue weighted by Gasteiger charge is 2.16. The van der Waals surface area contributed by atoms with Crippen LogP contribution in [-0.2, 0) is 6.54 Å². The molecule has 1 aromatic rings. The van der Waals surface area contributed by atoms with E-state index in [2.05, 4.69) is 46.3 Å². The number of likely N-dealkylation sites (N-methyl/N-ethyl adjacent to an activating group) is 1. The first-order valence-electron chi connectivity index (χ1n) is 6.47. The Kier molecular flexibility index (Phi) is 4.59. The lowest BCUT2D eigenvalue weighted by Crippen LogP contribution is -2.49. The largest absolute Gasteiger partial charge is 0.364 e. The second kappa shape index (κ2) is 6.19. The van der Waals surface area contributed by atoms with Gasteiger partial charge in [0, 0.05) is 44.1 Å². The third-order valence-electron chi connectivity index (χ3n) is 3.42. The van der Waals surface area contributed by atoms with Gasteiger partial charge >= 0.3 is 0 Å². The molecule has 0 spiro atoms. The van der Waals surface area contributed by atoms with Crippen LogP contribution in [0.3, 0.4) is 0 Å². The van der Waals surface area contributed by atoms with Gasteiger partial charge in [-0.1, -0.05) is 0 Å². The molecule has 1 aliphatic heterocycles. The lowest BCUT2D eigenvalue weighted by atomic mass is 10.1. The molecular formula is C13H24N4. The maximum absolute atomic E-state index is 3.59. The second-order valence-electron chi connectivity index (χ2n) is 5.14. The van der Waals surface area contributed by atoms with Crippen LogP contribution in [0.4, 0.5) is 0 Å². The molecule has 1 fully saturated rings. The first-order chi connectivity index (χ1) is 8.24. The monoisotopic (exact) mass is 236 g/mol. The van der Waals surface area contributed by atoms with Gasteiger partial charge in [-0.15, -0.1) is 0 Å². The van der Waals surface area contributed by atoms with E-state index in [1.54, 1.807) is 0 Å². The first kappa shape index (κ1) is 12.6. The summed E-state index contributed by atoms with van der Waals surface area (Å²) in [6.45, 7) is 5.63. The maximum atomic E-state index is 3.59. The van der Waals surface area contributed by atoms with Gasteiger partial charge in [0.05, 0.1) is 0 Å². The van der Waals surface area contributed by atoms with Crippen molar-refractivity contribution in [2.75, 3.05) is 40.3 Å². The van der Waals surface area contributed by atoms with Crippen molar-refractivity contribution in [3.8, 4) is 0 Å². The van der Waals surface area contributed by atoms with Crippen molar-refractivity contribution in [3.63, 3.8) is 0 Å². The van der Waals surface area contributed by atoms with Gasteiger partial charge in [0.25, 0.3) is 0 Å². The maximum Gasteiger partial charge on any atom is 0.0382 e. The highest BCUT2D eigenvalue weighted by Crippen LogP contribution is 2.04. The van der Waals surface area contributed by atoms with Crippen molar-refractivity contribution in [3.05, 3.63) is 24.0 Å². The van der Waals surface area contributed by atoms with E-state index in [0.717, 1.165) is 19.6 Å². The smallest absolute Gasteiger partial charge is 0.0382 e. The predicted octanol–water partition coefficient (Wildman–Crippen LogP) is 0.740. The molecule has 96 valence electrons. The number of rotatable bonds is 5. The molecule has 0 bridgehead atoms. The molecule has 0 aromatic carbocycles. The van der Waals surface area contributed by atoms with E-state index < -0.39 is 0 Å². The second-order valence-corrected chi connectivity index (χ2v) is 5.14. The Bertz CT molecular complexity index is 309. The SMILES string of the molecule is CN(CCC1CN(C)CCN1)Cc1ccc[nH]1. The summed E-state index contributed by atoms with van der Waals surface area (Å²) in [5, 5.41) is 3.59. The molecule has 0 aliphatic carbocycles. The van der Waals surface area contributed by atoms with Gasteiger partial charge in [-0.05, 0) is 39.2 Å². The van der Waals surface area contributed by atoms with Crippen LogP contribution in [0.15, 0.2) is 18.3 Å². The third-order valence-corrected chi connectivity index (χ3v) is 3.42. The zero-order chi connectivity index (χ0) is 12.1. The van der Waals surface area contributed by atoms with Crippen LogP contribution in [0.2, 0.25) is 0 Å². The quantitative estimate of drug-likeness (QED) is 0.791. The molecule has 1 unspecified atom stereocenters. The fraction of sp³-hybridized carbons (Fsp3) is 0.692. The molecule has 2 rings (SSSR count). The molecule has 2 N–H and O–H groups in total. The summed E-state index contributed by atoms with van der Waals surface area (Å²) >= 11 is 0. The molecule has 4 nitrogen and oxygen atoms in total. The fourth-order valence-corrected chi connectivity index (χ4v) is 2.40. The molecule has 2 heterocycles. The van der Waals surface area contributed by atoms with Crippen molar-refractivity contribution in [2.24, 2.45) is 0 Å². The number of hydrogen-bond acceptors (Lipinski definition) is 3. The van der Waals surface area contributed by atoms with Crippen LogP contribution in [-0.4, -0.2) is 61.1 Å². The minimum absolute atomic E-state index is 0.653. The molecular weight excluding hydrogens is 212 g/mol. The van der Waals surface area contributed by atoms with Crippen LogP contribution in [0.25, 0.3) is 0 Å². The zero-order valence-electron chi connectivity index (χ0n) is 10.9. The van der Waals surface area contributed by atoms with E-state index in [9.17, 15) is 0 Å². The van der Waals surface area contributed by atoms with Gasteiger partial charge < -0.3 is 20.1 Å². The summed E-state index contributed by atoms with van der Waals surface area (Å²) in [6, 6.07) is 4.85. The van der Waals surface area contributed by atoms with Crippen LogP contribution in [0.1, 0.15) is 12.1 Å². The fourth-order valence-electron chi connectivity index (χ4n) is 2.40. The number of aromatic amines is 1. The highest BCUT2D eigenvalue weighted by molar-refractivity contribution is 5.03. The summed E-state index contributed by atoms with van der Waals surface area (Å²) < 4.78 is 0. The minimum Gasteiger partial charge on any atom is -0.364 e. The van der Waals surface area contributed by atoms with E-state index in [1.165, 1.54) is 25.2 Å². The summed E-state index contributed by atoms with van der Waals surface area (Å²) in [7, 11) is 4.39. The third kappa shape index (κ3) is 4.15. The number of nitrogens with one attached hydrogen (secondary N) is 2. The van der Waals surface area contributed by atoms with Crippen LogP contribution in [0.5, 0.6) is 0 Å². The van der Waals surface area contributed by atoms with Gasteiger partial charge in [-0.3, -0.25) is 0 Å². The average Bonchev–Trinajstić information content (AvgIpc) is 2.79. The lowest BCUT2D eigenvalue weighted by molar-refractivity contribution is 0.212. The van der Waals surface area contributed by atoms with Crippen LogP contribution >= 0.6 is 0 Å².